The summed E-state index contributed by atoms with van der Waals surface area (Å²) in [6.07, 6.45) is 0.458. The highest BCUT2D eigenvalue weighted by molar-refractivity contribution is 5.76. The molecule has 3 N–H and O–H groups in total. The van der Waals surface area contributed by atoms with Crippen LogP contribution in [0.15, 0.2) is 18.2 Å². The second-order valence-electron chi connectivity index (χ2n) is 5.26. The molecule has 0 saturated heterocycles. The normalized spacial score (nSPS) is 10.7. The maximum atomic E-state index is 11.5. The van der Waals surface area contributed by atoms with Crippen molar-refractivity contribution in [1.82, 2.24) is 10.6 Å². The summed E-state index contributed by atoms with van der Waals surface area (Å²) in [5.74, 6) is 0.832. The Hall–Kier alpha value is -1.55. The van der Waals surface area contributed by atoms with Crippen molar-refractivity contribution in [3.63, 3.8) is 0 Å². The molecule has 1 aromatic carbocycles. The van der Waals surface area contributed by atoms with Crippen LogP contribution in [-0.2, 0) is 11.3 Å². The number of nitrogens with one attached hydrogen (secondary N) is 2. The summed E-state index contributed by atoms with van der Waals surface area (Å²) in [7, 11) is 0. The Bertz CT molecular complexity index is 417. The molecule has 4 nitrogen and oxygen atoms in total. The molecule has 0 aromatic heterocycles. The summed E-state index contributed by atoms with van der Waals surface area (Å²) in [5, 5.41) is 15.7. The van der Waals surface area contributed by atoms with Gasteiger partial charge in [0, 0.05) is 31.6 Å². The maximum absolute atomic E-state index is 11.5. The van der Waals surface area contributed by atoms with Crippen molar-refractivity contribution in [2.75, 3.05) is 13.1 Å². The number of benzene rings is 1. The van der Waals surface area contributed by atoms with E-state index < -0.39 is 0 Å². The zero-order valence-electron chi connectivity index (χ0n) is 12.0. The number of amides is 1. The lowest BCUT2D eigenvalue weighted by molar-refractivity contribution is -0.121. The number of hydrogen-bond donors (Lipinski definition) is 3. The van der Waals surface area contributed by atoms with Crippen molar-refractivity contribution < 1.29 is 9.90 Å². The van der Waals surface area contributed by atoms with Crippen LogP contribution in [0.1, 0.15) is 31.4 Å². The monoisotopic (exact) mass is 264 g/mol. The van der Waals surface area contributed by atoms with E-state index >= 15 is 0 Å². The lowest BCUT2D eigenvalue weighted by Crippen LogP contribution is -2.30. The van der Waals surface area contributed by atoms with Gasteiger partial charge in [-0.15, -0.1) is 0 Å². The number of hydrogen-bond acceptors (Lipinski definition) is 3. The average molecular weight is 264 g/mol. The first kappa shape index (κ1) is 15.5. The summed E-state index contributed by atoms with van der Waals surface area (Å²) in [5.41, 5.74) is 1.98. The van der Waals surface area contributed by atoms with Crippen molar-refractivity contribution in [1.29, 1.82) is 0 Å². The molecule has 0 aliphatic rings. The predicted octanol–water partition coefficient (Wildman–Crippen LogP) is 1.95. The van der Waals surface area contributed by atoms with Crippen LogP contribution >= 0.6 is 0 Å². The van der Waals surface area contributed by atoms with E-state index in [-0.39, 0.29) is 5.91 Å². The van der Waals surface area contributed by atoms with E-state index in [0.717, 1.165) is 17.7 Å². The van der Waals surface area contributed by atoms with E-state index in [1.807, 2.05) is 19.1 Å². The van der Waals surface area contributed by atoms with Gasteiger partial charge in [0.1, 0.15) is 5.75 Å². The molecular formula is C15H24N2O2. The topological polar surface area (TPSA) is 61.4 Å². The van der Waals surface area contributed by atoms with Gasteiger partial charge in [-0.1, -0.05) is 31.5 Å². The number of carbonyl (C=O) groups is 1. The van der Waals surface area contributed by atoms with Crippen LogP contribution in [-0.4, -0.2) is 24.1 Å². The molecule has 0 aliphatic carbocycles. The van der Waals surface area contributed by atoms with Gasteiger partial charge in [0.2, 0.25) is 5.91 Å². The van der Waals surface area contributed by atoms with Gasteiger partial charge in [0.05, 0.1) is 0 Å². The van der Waals surface area contributed by atoms with Crippen LogP contribution in [0.25, 0.3) is 0 Å². The van der Waals surface area contributed by atoms with Crippen molar-refractivity contribution >= 4 is 5.91 Å². The number of phenols is 1. The minimum absolute atomic E-state index is 0.0645. The summed E-state index contributed by atoms with van der Waals surface area (Å²) in [4.78, 5) is 11.5. The molecule has 1 aromatic rings. The van der Waals surface area contributed by atoms with Gasteiger partial charge in [-0.05, 0) is 18.9 Å². The molecule has 0 aliphatic heterocycles. The molecule has 0 bridgehead atoms. The minimum atomic E-state index is 0.0645. The molecular weight excluding hydrogens is 240 g/mol. The molecule has 0 saturated carbocycles. The van der Waals surface area contributed by atoms with Gasteiger partial charge in [-0.2, -0.15) is 0 Å². The fourth-order valence-electron chi connectivity index (χ4n) is 1.69. The summed E-state index contributed by atoms with van der Waals surface area (Å²) < 4.78 is 0. The molecule has 106 valence electrons. The van der Waals surface area contributed by atoms with Gasteiger partial charge in [-0.25, -0.2) is 0 Å². The largest absolute Gasteiger partial charge is 0.508 e. The van der Waals surface area contributed by atoms with Gasteiger partial charge >= 0.3 is 0 Å². The van der Waals surface area contributed by atoms with Gasteiger partial charge in [0.15, 0.2) is 0 Å². The third-order valence-corrected chi connectivity index (χ3v) is 2.79. The van der Waals surface area contributed by atoms with Crippen molar-refractivity contribution in [3.8, 4) is 5.75 Å². The zero-order valence-corrected chi connectivity index (χ0v) is 12.0. The molecule has 1 amide bonds. The summed E-state index contributed by atoms with van der Waals surface area (Å²) in [6.45, 7) is 8.03. The lowest BCUT2D eigenvalue weighted by atomic mass is 10.1. The second kappa shape index (κ2) is 7.79. The SMILES string of the molecule is Cc1ccc(O)c(CNCCC(=O)NCC(C)C)c1. The van der Waals surface area contributed by atoms with Crippen LogP contribution in [0.2, 0.25) is 0 Å². The van der Waals surface area contributed by atoms with Crippen molar-refractivity contribution in [3.05, 3.63) is 29.3 Å². The quantitative estimate of drug-likeness (QED) is 0.660. The number of carbonyl (C=O) groups excluding carboxylic acids is 1. The lowest BCUT2D eigenvalue weighted by Gasteiger charge is -2.09. The summed E-state index contributed by atoms with van der Waals surface area (Å²) in [6, 6.07) is 5.51. The summed E-state index contributed by atoms with van der Waals surface area (Å²) >= 11 is 0. The van der Waals surface area contributed by atoms with E-state index in [9.17, 15) is 9.90 Å². The second-order valence-corrected chi connectivity index (χ2v) is 5.26. The van der Waals surface area contributed by atoms with Crippen LogP contribution in [0, 0.1) is 12.8 Å². The fourth-order valence-corrected chi connectivity index (χ4v) is 1.69. The first-order valence-corrected chi connectivity index (χ1v) is 6.75. The standard InChI is InChI=1S/C15H24N2O2/c1-11(2)9-17-15(19)6-7-16-10-13-8-12(3)4-5-14(13)18/h4-5,8,11,16,18H,6-7,9-10H2,1-3H3,(H,17,19). The molecule has 0 atom stereocenters. The van der Waals surface area contributed by atoms with E-state index in [1.165, 1.54) is 0 Å². The molecule has 0 spiro atoms. The Balaban J connectivity index is 2.23. The molecule has 4 heteroatoms. The Morgan fingerprint density at radius 1 is 1.37 bits per heavy atom. The van der Waals surface area contributed by atoms with Gasteiger partial charge < -0.3 is 15.7 Å². The maximum Gasteiger partial charge on any atom is 0.221 e. The molecule has 0 heterocycles. The highest BCUT2D eigenvalue weighted by Gasteiger charge is 2.03. The Morgan fingerprint density at radius 2 is 2.11 bits per heavy atom. The van der Waals surface area contributed by atoms with Crippen LogP contribution in [0.4, 0.5) is 0 Å². The zero-order chi connectivity index (χ0) is 14.3. The Morgan fingerprint density at radius 3 is 2.79 bits per heavy atom. The fraction of sp³-hybridized carbons (Fsp3) is 0.533. The third kappa shape index (κ3) is 6.25. The van der Waals surface area contributed by atoms with Crippen LogP contribution in [0.5, 0.6) is 5.75 Å². The van der Waals surface area contributed by atoms with Crippen LogP contribution < -0.4 is 10.6 Å². The molecule has 0 fully saturated rings. The van der Waals surface area contributed by atoms with E-state index in [4.69, 9.17) is 0 Å². The Kier molecular flexibility index (Phi) is 6.36. The van der Waals surface area contributed by atoms with E-state index in [2.05, 4.69) is 24.5 Å². The number of aryl methyl sites for hydroxylation is 1. The van der Waals surface area contributed by atoms with Crippen molar-refractivity contribution in [2.24, 2.45) is 5.92 Å². The van der Waals surface area contributed by atoms with Gasteiger partial charge in [0.25, 0.3) is 0 Å². The van der Waals surface area contributed by atoms with Gasteiger partial charge in [-0.3, -0.25) is 4.79 Å². The van der Waals surface area contributed by atoms with Crippen LogP contribution in [0.3, 0.4) is 0 Å². The number of rotatable bonds is 7. The molecule has 0 unspecified atom stereocenters. The number of aromatic hydroxyl groups is 1. The first-order chi connectivity index (χ1) is 8.99. The average Bonchev–Trinajstić information content (AvgIpc) is 2.36. The first-order valence-electron chi connectivity index (χ1n) is 6.75. The van der Waals surface area contributed by atoms with E-state index in [1.54, 1.807) is 6.07 Å². The van der Waals surface area contributed by atoms with Crippen molar-refractivity contribution in [2.45, 2.75) is 33.7 Å². The Labute approximate surface area is 115 Å². The third-order valence-electron chi connectivity index (χ3n) is 2.79. The highest BCUT2D eigenvalue weighted by atomic mass is 16.3. The minimum Gasteiger partial charge on any atom is -0.508 e. The molecule has 19 heavy (non-hydrogen) atoms. The van der Waals surface area contributed by atoms with E-state index in [0.29, 0.717) is 31.2 Å². The number of phenolic OH excluding ortho intramolecular Hbond substituents is 1. The smallest absolute Gasteiger partial charge is 0.221 e. The highest BCUT2D eigenvalue weighted by Crippen LogP contribution is 2.17. The molecule has 1 rings (SSSR count). The predicted molar refractivity (Wildman–Crippen MR) is 77.0 cm³/mol. The molecule has 0 radical (unpaired) electrons.